The highest BCUT2D eigenvalue weighted by Crippen LogP contribution is 2.19. The minimum atomic E-state index is -2.19. The Morgan fingerprint density at radius 1 is 1.33 bits per heavy atom. The first-order valence-corrected chi connectivity index (χ1v) is 7.12. The molecule has 0 aliphatic carbocycles. The van der Waals surface area contributed by atoms with Crippen LogP contribution in [0.4, 0.5) is 0 Å². The summed E-state index contributed by atoms with van der Waals surface area (Å²) >= 11 is 3.29. The summed E-state index contributed by atoms with van der Waals surface area (Å²) in [6.07, 6.45) is 1.43. The molecule has 0 heterocycles. The number of carbonyl (C=O) groups excluding carboxylic acids is 1. The van der Waals surface area contributed by atoms with Gasteiger partial charge in [-0.25, -0.2) is 4.79 Å². The van der Waals surface area contributed by atoms with Crippen molar-refractivity contribution in [2.45, 2.75) is 32.0 Å². The van der Waals surface area contributed by atoms with E-state index in [9.17, 15) is 14.7 Å². The fraction of sp³-hybridized carbons (Fsp3) is 0.333. The van der Waals surface area contributed by atoms with E-state index in [1.807, 2.05) is 0 Å². The van der Waals surface area contributed by atoms with Gasteiger partial charge in [-0.3, -0.25) is 4.79 Å². The van der Waals surface area contributed by atoms with Crippen molar-refractivity contribution in [3.63, 3.8) is 0 Å². The lowest BCUT2D eigenvalue weighted by atomic mass is 9.98. The first-order chi connectivity index (χ1) is 9.73. The van der Waals surface area contributed by atoms with E-state index >= 15 is 0 Å². The van der Waals surface area contributed by atoms with Crippen molar-refractivity contribution < 1.29 is 24.5 Å². The molecule has 0 radical (unpaired) electrons. The summed E-state index contributed by atoms with van der Waals surface area (Å²) in [6, 6.07) is 7.11. The van der Waals surface area contributed by atoms with Crippen LogP contribution in [0.1, 0.15) is 25.8 Å². The molecule has 5 nitrogen and oxygen atoms in total. The van der Waals surface area contributed by atoms with E-state index in [2.05, 4.69) is 15.9 Å². The van der Waals surface area contributed by atoms with Crippen LogP contribution < -0.4 is 0 Å². The van der Waals surface area contributed by atoms with Crippen molar-refractivity contribution in [1.82, 2.24) is 0 Å². The molecule has 0 spiro atoms. The van der Waals surface area contributed by atoms with E-state index in [1.54, 1.807) is 38.1 Å². The molecule has 0 fully saturated rings. The molecule has 0 saturated heterocycles. The SMILES string of the molecule is CC(C)OC(=O)C(O)(/C=C/c1ccc(Br)cc1)CC(=O)O. The van der Waals surface area contributed by atoms with Crippen LogP contribution in [0, 0.1) is 0 Å². The number of aliphatic carboxylic acids is 1. The summed E-state index contributed by atoms with van der Waals surface area (Å²) in [5, 5.41) is 19.1. The number of aliphatic hydroxyl groups is 1. The van der Waals surface area contributed by atoms with Gasteiger partial charge in [0.05, 0.1) is 12.5 Å². The normalized spacial score (nSPS) is 14.1. The summed E-state index contributed by atoms with van der Waals surface area (Å²) in [5.41, 5.74) is -1.47. The summed E-state index contributed by atoms with van der Waals surface area (Å²) < 4.78 is 5.80. The number of esters is 1. The summed E-state index contributed by atoms with van der Waals surface area (Å²) in [5.74, 6) is -2.27. The number of carboxylic acid groups (broad SMARTS) is 1. The molecule has 1 atom stereocenters. The van der Waals surface area contributed by atoms with Crippen LogP contribution in [-0.2, 0) is 14.3 Å². The maximum absolute atomic E-state index is 11.9. The van der Waals surface area contributed by atoms with E-state index in [1.165, 1.54) is 6.08 Å². The number of hydrogen-bond acceptors (Lipinski definition) is 4. The molecule has 1 aromatic rings. The minimum Gasteiger partial charge on any atom is -0.481 e. The second-order valence-electron chi connectivity index (χ2n) is 4.83. The zero-order valence-corrected chi connectivity index (χ0v) is 13.3. The van der Waals surface area contributed by atoms with Crippen LogP contribution in [0.2, 0.25) is 0 Å². The maximum Gasteiger partial charge on any atom is 0.343 e. The fourth-order valence-corrected chi connectivity index (χ4v) is 1.82. The number of carbonyl (C=O) groups is 2. The number of carboxylic acids is 1. The Bertz CT molecular complexity index is 535. The second kappa shape index (κ2) is 7.38. The summed E-state index contributed by atoms with van der Waals surface area (Å²) in [4.78, 5) is 22.7. The highest BCUT2D eigenvalue weighted by atomic mass is 79.9. The van der Waals surface area contributed by atoms with Crippen LogP contribution in [0.3, 0.4) is 0 Å². The molecule has 0 amide bonds. The summed E-state index contributed by atoms with van der Waals surface area (Å²) in [6.45, 7) is 3.25. The van der Waals surface area contributed by atoms with E-state index in [0.717, 1.165) is 16.1 Å². The van der Waals surface area contributed by atoms with Crippen molar-refractivity contribution in [2.75, 3.05) is 0 Å². The Hall–Kier alpha value is -1.66. The molecule has 0 aliphatic heterocycles. The van der Waals surface area contributed by atoms with Crippen molar-refractivity contribution in [1.29, 1.82) is 0 Å². The highest BCUT2D eigenvalue weighted by molar-refractivity contribution is 9.10. The number of halogens is 1. The van der Waals surface area contributed by atoms with Crippen molar-refractivity contribution in [3.05, 3.63) is 40.4 Å². The van der Waals surface area contributed by atoms with Crippen LogP contribution >= 0.6 is 15.9 Å². The van der Waals surface area contributed by atoms with Gasteiger partial charge in [-0.2, -0.15) is 0 Å². The average Bonchev–Trinajstić information content (AvgIpc) is 2.36. The molecular weight excluding hydrogens is 340 g/mol. The predicted octanol–water partition coefficient (Wildman–Crippen LogP) is 2.62. The van der Waals surface area contributed by atoms with E-state index in [4.69, 9.17) is 9.84 Å². The largest absolute Gasteiger partial charge is 0.481 e. The summed E-state index contributed by atoms with van der Waals surface area (Å²) in [7, 11) is 0. The molecule has 0 aromatic heterocycles. The van der Waals surface area contributed by atoms with Crippen molar-refractivity contribution in [3.8, 4) is 0 Å². The Morgan fingerprint density at radius 3 is 2.38 bits per heavy atom. The Morgan fingerprint density at radius 2 is 1.90 bits per heavy atom. The smallest absolute Gasteiger partial charge is 0.343 e. The van der Waals surface area contributed by atoms with Crippen LogP contribution in [0.5, 0.6) is 0 Å². The monoisotopic (exact) mass is 356 g/mol. The topological polar surface area (TPSA) is 83.8 Å². The van der Waals surface area contributed by atoms with Crippen molar-refractivity contribution in [2.24, 2.45) is 0 Å². The predicted molar refractivity (Wildman–Crippen MR) is 81.6 cm³/mol. The van der Waals surface area contributed by atoms with Gasteiger partial charge in [-0.1, -0.05) is 34.1 Å². The van der Waals surface area contributed by atoms with E-state index < -0.39 is 30.1 Å². The molecule has 114 valence electrons. The highest BCUT2D eigenvalue weighted by Gasteiger charge is 2.38. The number of hydrogen-bond donors (Lipinski definition) is 2. The molecule has 2 N–H and O–H groups in total. The lowest BCUT2D eigenvalue weighted by molar-refractivity contribution is -0.169. The van der Waals surface area contributed by atoms with Crippen LogP contribution in [0.25, 0.3) is 6.08 Å². The molecule has 0 saturated carbocycles. The van der Waals surface area contributed by atoms with E-state index in [-0.39, 0.29) is 0 Å². The first kappa shape index (κ1) is 17.4. The van der Waals surface area contributed by atoms with Gasteiger partial charge in [0.1, 0.15) is 0 Å². The van der Waals surface area contributed by atoms with E-state index in [0.29, 0.717) is 0 Å². The molecule has 0 aliphatic rings. The zero-order chi connectivity index (χ0) is 16.0. The van der Waals surface area contributed by atoms with Crippen LogP contribution in [-0.4, -0.2) is 33.9 Å². The third-order valence-corrected chi connectivity index (χ3v) is 3.07. The quantitative estimate of drug-likeness (QED) is 0.765. The first-order valence-electron chi connectivity index (χ1n) is 6.33. The maximum atomic E-state index is 11.9. The average molecular weight is 357 g/mol. The molecule has 1 unspecified atom stereocenters. The van der Waals surface area contributed by atoms with Crippen LogP contribution in [0.15, 0.2) is 34.8 Å². The second-order valence-corrected chi connectivity index (χ2v) is 5.75. The minimum absolute atomic E-state index is 0.445. The molecule has 0 bridgehead atoms. The molecule has 6 heteroatoms. The van der Waals surface area contributed by atoms with Gasteiger partial charge in [0, 0.05) is 4.47 Å². The fourth-order valence-electron chi connectivity index (χ4n) is 1.55. The lowest BCUT2D eigenvalue weighted by Gasteiger charge is -2.22. The number of ether oxygens (including phenoxy) is 1. The Labute approximate surface area is 131 Å². The molecule has 1 rings (SSSR count). The van der Waals surface area contributed by atoms with Gasteiger partial charge < -0.3 is 14.9 Å². The number of rotatable bonds is 6. The number of benzene rings is 1. The Balaban J connectivity index is 2.98. The van der Waals surface area contributed by atoms with Gasteiger partial charge >= 0.3 is 11.9 Å². The standard InChI is InChI=1S/C15H17BrO5/c1-10(2)21-14(19)15(20,9-13(17)18)8-7-11-3-5-12(16)6-4-11/h3-8,10,20H,9H2,1-2H3,(H,17,18)/b8-7+. The lowest BCUT2D eigenvalue weighted by Crippen LogP contribution is -2.41. The molecular formula is C15H17BrO5. The third kappa shape index (κ3) is 5.69. The molecule has 21 heavy (non-hydrogen) atoms. The zero-order valence-electron chi connectivity index (χ0n) is 11.7. The molecule has 1 aromatic carbocycles. The van der Waals surface area contributed by atoms with Gasteiger partial charge in [-0.05, 0) is 37.6 Å². The van der Waals surface area contributed by atoms with Gasteiger partial charge in [0.2, 0.25) is 0 Å². The van der Waals surface area contributed by atoms with Gasteiger partial charge in [0.15, 0.2) is 5.60 Å². The van der Waals surface area contributed by atoms with Gasteiger partial charge in [0.25, 0.3) is 0 Å². The van der Waals surface area contributed by atoms with Crippen molar-refractivity contribution >= 4 is 33.9 Å². The van der Waals surface area contributed by atoms with Gasteiger partial charge in [-0.15, -0.1) is 0 Å². The Kier molecular flexibility index (Phi) is 6.11. The third-order valence-electron chi connectivity index (χ3n) is 2.54.